The van der Waals surface area contributed by atoms with Crippen LogP contribution in [0.2, 0.25) is 0 Å². The third-order valence-electron chi connectivity index (χ3n) is 2.04. The zero-order chi connectivity index (χ0) is 11.4. The number of halogens is 2. The maximum Gasteiger partial charge on any atom is 0.197 e. The van der Waals surface area contributed by atoms with E-state index in [1.165, 1.54) is 14.2 Å². The van der Waals surface area contributed by atoms with Crippen LogP contribution >= 0.6 is 0 Å². The molecule has 0 atom stereocenters. The SMILES string of the molecule is COc1c(F)cc(F)c(CCN)c1OC. The molecule has 2 N–H and O–H groups in total. The van der Waals surface area contributed by atoms with Gasteiger partial charge in [-0.05, 0) is 13.0 Å². The van der Waals surface area contributed by atoms with Crippen molar-refractivity contribution in [3.05, 3.63) is 23.3 Å². The molecule has 0 amide bonds. The largest absolute Gasteiger partial charge is 0.492 e. The summed E-state index contributed by atoms with van der Waals surface area (Å²) >= 11 is 0. The van der Waals surface area contributed by atoms with Crippen LogP contribution in [-0.2, 0) is 6.42 Å². The van der Waals surface area contributed by atoms with Gasteiger partial charge in [-0.1, -0.05) is 0 Å². The Bertz CT molecular complexity index is 356. The first-order chi connectivity index (χ1) is 7.15. The zero-order valence-electron chi connectivity index (χ0n) is 8.64. The molecule has 0 aliphatic rings. The van der Waals surface area contributed by atoms with Crippen LogP contribution in [0.25, 0.3) is 0 Å². The van der Waals surface area contributed by atoms with Gasteiger partial charge in [0.05, 0.1) is 14.2 Å². The Morgan fingerprint density at radius 1 is 1.13 bits per heavy atom. The number of rotatable bonds is 4. The van der Waals surface area contributed by atoms with Crippen molar-refractivity contribution in [2.24, 2.45) is 5.73 Å². The van der Waals surface area contributed by atoms with E-state index in [-0.39, 0.29) is 30.0 Å². The Morgan fingerprint density at radius 3 is 2.20 bits per heavy atom. The molecule has 15 heavy (non-hydrogen) atoms. The summed E-state index contributed by atoms with van der Waals surface area (Å²) in [6.45, 7) is 0.252. The Labute approximate surface area is 86.8 Å². The standard InChI is InChI=1S/C10H13F2NO2/c1-14-9-6(3-4-13)7(11)5-8(12)10(9)15-2/h5H,3-4,13H2,1-2H3. The molecule has 0 spiro atoms. The van der Waals surface area contributed by atoms with Crippen LogP contribution in [0.1, 0.15) is 5.56 Å². The van der Waals surface area contributed by atoms with E-state index in [9.17, 15) is 8.78 Å². The zero-order valence-corrected chi connectivity index (χ0v) is 8.64. The second-order valence-corrected chi connectivity index (χ2v) is 2.92. The average Bonchev–Trinajstić information content (AvgIpc) is 2.21. The molecule has 0 saturated heterocycles. The Balaban J connectivity index is 3.35. The molecule has 0 aromatic heterocycles. The summed E-state index contributed by atoms with van der Waals surface area (Å²) < 4.78 is 36.3. The third kappa shape index (κ3) is 2.18. The van der Waals surface area contributed by atoms with E-state index in [4.69, 9.17) is 15.2 Å². The van der Waals surface area contributed by atoms with E-state index in [0.29, 0.717) is 0 Å². The molecule has 0 saturated carbocycles. The number of methoxy groups -OCH3 is 2. The van der Waals surface area contributed by atoms with Crippen molar-refractivity contribution in [1.29, 1.82) is 0 Å². The van der Waals surface area contributed by atoms with Gasteiger partial charge in [0, 0.05) is 11.6 Å². The Hall–Kier alpha value is -1.36. The van der Waals surface area contributed by atoms with E-state index < -0.39 is 11.6 Å². The molecule has 0 unspecified atom stereocenters. The van der Waals surface area contributed by atoms with Gasteiger partial charge < -0.3 is 15.2 Å². The molecular formula is C10H13F2NO2. The summed E-state index contributed by atoms with van der Waals surface area (Å²) in [6.07, 6.45) is 0.269. The van der Waals surface area contributed by atoms with Crippen LogP contribution in [0.15, 0.2) is 6.07 Å². The van der Waals surface area contributed by atoms with Crippen LogP contribution in [0.3, 0.4) is 0 Å². The lowest BCUT2D eigenvalue weighted by atomic mass is 10.1. The summed E-state index contributed by atoms with van der Waals surface area (Å²) in [7, 11) is 2.63. The van der Waals surface area contributed by atoms with Gasteiger partial charge in [0.1, 0.15) is 5.82 Å². The summed E-state index contributed by atoms with van der Waals surface area (Å²) in [5.41, 5.74) is 5.56. The highest BCUT2D eigenvalue weighted by Gasteiger charge is 2.19. The van der Waals surface area contributed by atoms with E-state index in [1.54, 1.807) is 0 Å². The van der Waals surface area contributed by atoms with Gasteiger partial charge >= 0.3 is 0 Å². The van der Waals surface area contributed by atoms with Crippen molar-refractivity contribution < 1.29 is 18.3 Å². The van der Waals surface area contributed by atoms with Crippen molar-refractivity contribution in [2.75, 3.05) is 20.8 Å². The highest BCUT2D eigenvalue weighted by atomic mass is 19.1. The molecule has 0 aliphatic carbocycles. The topological polar surface area (TPSA) is 44.5 Å². The molecule has 0 heterocycles. The van der Waals surface area contributed by atoms with Crippen LogP contribution in [0, 0.1) is 11.6 Å². The molecular weight excluding hydrogens is 204 g/mol. The molecule has 1 aromatic carbocycles. The normalized spacial score (nSPS) is 10.2. The van der Waals surface area contributed by atoms with Crippen molar-refractivity contribution in [2.45, 2.75) is 6.42 Å². The van der Waals surface area contributed by atoms with E-state index in [1.807, 2.05) is 0 Å². The number of hydrogen-bond donors (Lipinski definition) is 1. The van der Waals surface area contributed by atoms with Gasteiger partial charge in [-0.2, -0.15) is 0 Å². The minimum absolute atomic E-state index is 0.0699. The monoisotopic (exact) mass is 217 g/mol. The van der Waals surface area contributed by atoms with Crippen LogP contribution in [0.4, 0.5) is 8.78 Å². The van der Waals surface area contributed by atoms with Crippen molar-refractivity contribution in [3.63, 3.8) is 0 Å². The van der Waals surface area contributed by atoms with Gasteiger partial charge in [-0.25, -0.2) is 8.78 Å². The quantitative estimate of drug-likeness (QED) is 0.830. The summed E-state index contributed by atoms with van der Waals surface area (Å²) in [6, 6.07) is 0.770. The molecule has 1 aromatic rings. The van der Waals surface area contributed by atoms with E-state index in [2.05, 4.69) is 0 Å². The number of ether oxygens (including phenoxy) is 2. The summed E-state index contributed by atoms with van der Waals surface area (Å²) in [4.78, 5) is 0. The smallest absolute Gasteiger partial charge is 0.197 e. The molecule has 0 bridgehead atoms. The first kappa shape index (κ1) is 11.7. The molecule has 0 fully saturated rings. The third-order valence-corrected chi connectivity index (χ3v) is 2.04. The number of benzene rings is 1. The van der Waals surface area contributed by atoms with Crippen LogP contribution in [-0.4, -0.2) is 20.8 Å². The van der Waals surface area contributed by atoms with E-state index in [0.717, 1.165) is 6.07 Å². The fraction of sp³-hybridized carbons (Fsp3) is 0.400. The highest BCUT2D eigenvalue weighted by molar-refractivity contribution is 5.48. The Morgan fingerprint density at radius 2 is 1.73 bits per heavy atom. The summed E-state index contributed by atoms with van der Waals surface area (Å²) in [5, 5.41) is 0. The average molecular weight is 217 g/mol. The minimum Gasteiger partial charge on any atom is -0.492 e. The van der Waals surface area contributed by atoms with Gasteiger partial charge in [0.25, 0.3) is 0 Å². The lowest BCUT2D eigenvalue weighted by Crippen LogP contribution is -2.08. The first-order valence-electron chi connectivity index (χ1n) is 4.44. The minimum atomic E-state index is -0.785. The van der Waals surface area contributed by atoms with Crippen molar-refractivity contribution in [3.8, 4) is 11.5 Å². The lowest BCUT2D eigenvalue weighted by molar-refractivity contribution is 0.330. The second-order valence-electron chi connectivity index (χ2n) is 2.92. The molecule has 3 nitrogen and oxygen atoms in total. The number of nitrogens with two attached hydrogens (primary N) is 1. The van der Waals surface area contributed by atoms with Gasteiger partial charge in [-0.15, -0.1) is 0 Å². The van der Waals surface area contributed by atoms with E-state index >= 15 is 0 Å². The molecule has 0 radical (unpaired) electrons. The van der Waals surface area contributed by atoms with Gasteiger partial charge in [-0.3, -0.25) is 0 Å². The van der Waals surface area contributed by atoms with Crippen molar-refractivity contribution in [1.82, 2.24) is 0 Å². The van der Waals surface area contributed by atoms with Gasteiger partial charge in [0.15, 0.2) is 17.3 Å². The van der Waals surface area contributed by atoms with Crippen LogP contribution in [0.5, 0.6) is 11.5 Å². The molecule has 0 aliphatic heterocycles. The predicted octanol–water partition coefficient (Wildman–Crippen LogP) is 1.48. The predicted molar refractivity (Wildman–Crippen MR) is 52.2 cm³/mol. The second kappa shape index (κ2) is 4.93. The molecule has 84 valence electrons. The lowest BCUT2D eigenvalue weighted by Gasteiger charge is -2.13. The number of hydrogen-bond acceptors (Lipinski definition) is 3. The maximum absolute atomic E-state index is 13.4. The maximum atomic E-state index is 13.4. The Kier molecular flexibility index (Phi) is 3.85. The van der Waals surface area contributed by atoms with Crippen LogP contribution < -0.4 is 15.2 Å². The summed E-state index contributed by atoms with van der Waals surface area (Å²) in [5.74, 6) is -1.48. The van der Waals surface area contributed by atoms with Gasteiger partial charge in [0.2, 0.25) is 0 Å². The molecule has 1 rings (SSSR count). The molecule has 5 heteroatoms. The highest BCUT2D eigenvalue weighted by Crippen LogP contribution is 2.35. The fourth-order valence-electron chi connectivity index (χ4n) is 1.40. The fourth-order valence-corrected chi connectivity index (χ4v) is 1.40. The first-order valence-corrected chi connectivity index (χ1v) is 4.44. The van der Waals surface area contributed by atoms with Crippen molar-refractivity contribution >= 4 is 0 Å².